The van der Waals surface area contributed by atoms with Crippen LogP contribution in [0.4, 0.5) is 0 Å². The normalized spacial score (nSPS) is 15.1. The number of carbonyl (C=O) groups excluding carboxylic acids is 1. The minimum atomic E-state index is -0.131. The SMILES string of the molecule is COc1ccc(/C=C2/NC(=S)N(CC(C)C)C2=O)cc1COc1cccc(Cl)c1Cl. The average Bonchev–Trinajstić information content (AvgIpc) is 2.96. The fourth-order valence-electron chi connectivity index (χ4n) is 3.02. The molecule has 0 atom stereocenters. The van der Waals surface area contributed by atoms with Crippen LogP contribution in [0.15, 0.2) is 42.1 Å². The molecule has 1 amide bonds. The maximum Gasteiger partial charge on any atom is 0.276 e. The van der Waals surface area contributed by atoms with E-state index in [0.29, 0.717) is 44.8 Å². The first kappa shape index (κ1) is 22.4. The molecule has 158 valence electrons. The molecule has 0 bridgehead atoms. The molecule has 3 rings (SSSR count). The lowest BCUT2D eigenvalue weighted by atomic mass is 10.1. The first-order valence-corrected chi connectivity index (χ1v) is 10.5. The van der Waals surface area contributed by atoms with Crippen molar-refractivity contribution in [3.8, 4) is 11.5 Å². The molecule has 1 aliphatic rings. The van der Waals surface area contributed by atoms with Gasteiger partial charge in [0, 0.05) is 12.1 Å². The molecular formula is C22H22Cl2N2O3S. The Kier molecular flexibility index (Phi) is 7.23. The summed E-state index contributed by atoms with van der Waals surface area (Å²) in [5.74, 6) is 1.33. The highest BCUT2D eigenvalue weighted by molar-refractivity contribution is 7.80. The van der Waals surface area contributed by atoms with Crippen molar-refractivity contribution >= 4 is 52.5 Å². The Morgan fingerprint density at radius 3 is 2.67 bits per heavy atom. The minimum Gasteiger partial charge on any atom is -0.496 e. The fourth-order valence-corrected chi connectivity index (χ4v) is 3.64. The van der Waals surface area contributed by atoms with Crippen LogP contribution in [-0.2, 0) is 11.4 Å². The molecule has 0 aliphatic carbocycles. The summed E-state index contributed by atoms with van der Waals surface area (Å²) >= 11 is 17.5. The number of thiocarbonyl (C=S) groups is 1. The van der Waals surface area contributed by atoms with Gasteiger partial charge in [0.2, 0.25) is 0 Å². The Balaban J connectivity index is 1.82. The van der Waals surface area contributed by atoms with Crippen LogP contribution < -0.4 is 14.8 Å². The maximum atomic E-state index is 12.7. The van der Waals surface area contributed by atoms with E-state index in [1.165, 1.54) is 0 Å². The van der Waals surface area contributed by atoms with Gasteiger partial charge in [0.05, 0.1) is 12.1 Å². The van der Waals surface area contributed by atoms with Gasteiger partial charge in [0.25, 0.3) is 5.91 Å². The molecule has 5 nitrogen and oxygen atoms in total. The predicted octanol–water partition coefficient (Wildman–Crippen LogP) is 5.29. The fraction of sp³-hybridized carbons (Fsp3) is 0.273. The van der Waals surface area contributed by atoms with Crippen LogP contribution in [0.5, 0.6) is 11.5 Å². The number of nitrogens with one attached hydrogen (secondary N) is 1. The zero-order valence-corrected chi connectivity index (χ0v) is 19.2. The Labute approximate surface area is 191 Å². The van der Waals surface area contributed by atoms with Crippen molar-refractivity contribution in [2.24, 2.45) is 5.92 Å². The molecule has 1 heterocycles. The Bertz CT molecular complexity index is 1010. The summed E-state index contributed by atoms with van der Waals surface area (Å²) in [6, 6.07) is 10.8. The highest BCUT2D eigenvalue weighted by atomic mass is 35.5. The van der Waals surface area contributed by atoms with Crippen LogP contribution >= 0.6 is 35.4 Å². The second-order valence-corrected chi connectivity index (χ2v) is 8.38. The van der Waals surface area contributed by atoms with Crippen LogP contribution in [0.3, 0.4) is 0 Å². The third-order valence-corrected chi connectivity index (χ3v) is 5.55. The molecule has 30 heavy (non-hydrogen) atoms. The Morgan fingerprint density at radius 1 is 1.20 bits per heavy atom. The molecule has 0 saturated carbocycles. The van der Waals surface area contributed by atoms with Crippen LogP contribution in [0.25, 0.3) is 6.08 Å². The standard InChI is InChI=1S/C22H22Cl2N2O3S/c1-13(2)11-26-21(27)17(25-22(26)30)10-14-7-8-18(28-3)15(9-14)12-29-19-6-4-5-16(23)20(19)24/h4-10,13H,11-12H2,1-3H3,(H,25,30)/b17-10+. The van der Waals surface area contributed by atoms with Crippen LogP contribution in [-0.4, -0.2) is 29.6 Å². The van der Waals surface area contributed by atoms with Crippen molar-refractivity contribution in [3.05, 3.63) is 63.3 Å². The molecule has 2 aromatic rings. The molecule has 8 heteroatoms. The molecular weight excluding hydrogens is 443 g/mol. The summed E-state index contributed by atoms with van der Waals surface area (Å²) in [5.41, 5.74) is 2.06. The van der Waals surface area contributed by atoms with Gasteiger partial charge in [-0.25, -0.2) is 0 Å². The van der Waals surface area contributed by atoms with E-state index in [1.54, 1.807) is 36.3 Å². The van der Waals surface area contributed by atoms with E-state index in [-0.39, 0.29) is 12.5 Å². The lowest BCUT2D eigenvalue weighted by molar-refractivity contribution is -0.122. The number of ether oxygens (including phenoxy) is 2. The summed E-state index contributed by atoms with van der Waals surface area (Å²) < 4.78 is 11.3. The number of nitrogens with zero attached hydrogens (tertiary/aromatic N) is 1. The topological polar surface area (TPSA) is 50.8 Å². The number of benzene rings is 2. The van der Waals surface area contributed by atoms with Gasteiger partial charge in [0.15, 0.2) is 5.11 Å². The molecule has 0 unspecified atom stereocenters. The minimum absolute atomic E-state index is 0.131. The van der Waals surface area contributed by atoms with E-state index < -0.39 is 0 Å². The second kappa shape index (κ2) is 9.69. The zero-order valence-electron chi connectivity index (χ0n) is 16.9. The maximum absolute atomic E-state index is 12.7. The van der Waals surface area contributed by atoms with Gasteiger partial charge < -0.3 is 14.8 Å². The van der Waals surface area contributed by atoms with Crippen molar-refractivity contribution in [1.29, 1.82) is 0 Å². The van der Waals surface area contributed by atoms with Crippen LogP contribution in [0.2, 0.25) is 10.0 Å². The van der Waals surface area contributed by atoms with Gasteiger partial charge in [0.1, 0.15) is 28.8 Å². The average molecular weight is 465 g/mol. The molecule has 2 aromatic carbocycles. The number of hydrogen-bond donors (Lipinski definition) is 1. The van der Waals surface area contributed by atoms with E-state index >= 15 is 0 Å². The monoisotopic (exact) mass is 464 g/mol. The number of rotatable bonds is 7. The lowest BCUT2D eigenvalue weighted by Gasteiger charge is -2.16. The van der Waals surface area contributed by atoms with Gasteiger partial charge in [-0.1, -0.05) is 49.2 Å². The summed E-state index contributed by atoms with van der Waals surface area (Å²) in [5, 5.41) is 4.21. The molecule has 1 fully saturated rings. The summed E-state index contributed by atoms with van der Waals surface area (Å²) in [4.78, 5) is 14.3. The highest BCUT2D eigenvalue weighted by Crippen LogP contribution is 2.33. The van der Waals surface area contributed by atoms with Gasteiger partial charge in [-0.3, -0.25) is 9.69 Å². The third-order valence-electron chi connectivity index (χ3n) is 4.42. The quantitative estimate of drug-likeness (QED) is 0.445. The summed E-state index contributed by atoms with van der Waals surface area (Å²) in [6.07, 6.45) is 1.77. The highest BCUT2D eigenvalue weighted by Gasteiger charge is 2.30. The van der Waals surface area contributed by atoms with Gasteiger partial charge in [-0.05, 0) is 54.0 Å². The molecule has 0 aromatic heterocycles. The van der Waals surface area contributed by atoms with Crippen LogP contribution in [0, 0.1) is 5.92 Å². The predicted molar refractivity (Wildman–Crippen MR) is 124 cm³/mol. The Morgan fingerprint density at radius 2 is 1.97 bits per heavy atom. The van der Waals surface area contributed by atoms with Gasteiger partial charge >= 0.3 is 0 Å². The van der Waals surface area contributed by atoms with Crippen molar-refractivity contribution < 1.29 is 14.3 Å². The van der Waals surface area contributed by atoms with Crippen molar-refractivity contribution in [2.75, 3.05) is 13.7 Å². The molecule has 1 aliphatic heterocycles. The lowest BCUT2D eigenvalue weighted by Crippen LogP contribution is -2.33. The zero-order chi connectivity index (χ0) is 21.8. The van der Waals surface area contributed by atoms with Crippen molar-refractivity contribution in [3.63, 3.8) is 0 Å². The molecule has 1 saturated heterocycles. The number of amides is 1. The van der Waals surface area contributed by atoms with E-state index in [9.17, 15) is 4.79 Å². The number of methoxy groups -OCH3 is 1. The van der Waals surface area contributed by atoms with E-state index in [0.717, 1.165) is 11.1 Å². The van der Waals surface area contributed by atoms with E-state index in [2.05, 4.69) is 5.32 Å². The van der Waals surface area contributed by atoms with Gasteiger partial charge in [-0.2, -0.15) is 0 Å². The van der Waals surface area contributed by atoms with E-state index in [4.69, 9.17) is 44.9 Å². The Hall–Kier alpha value is -2.28. The van der Waals surface area contributed by atoms with Crippen molar-refractivity contribution in [2.45, 2.75) is 20.5 Å². The first-order chi connectivity index (χ1) is 14.3. The molecule has 1 N–H and O–H groups in total. The first-order valence-electron chi connectivity index (χ1n) is 9.38. The number of carbonyl (C=O) groups is 1. The van der Waals surface area contributed by atoms with E-state index in [1.807, 2.05) is 32.0 Å². The summed E-state index contributed by atoms with van der Waals surface area (Å²) in [7, 11) is 1.59. The van der Waals surface area contributed by atoms with Crippen molar-refractivity contribution in [1.82, 2.24) is 10.2 Å². The van der Waals surface area contributed by atoms with Gasteiger partial charge in [-0.15, -0.1) is 0 Å². The number of hydrogen-bond acceptors (Lipinski definition) is 4. The largest absolute Gasteiger partial charge is 0.496 e. The number of halogens is 2. The second-order valence-electron chi connectivity index (χ2n) is 7.21. The molecule has 0 spiro atoms. The molecule has 0 radical (unpaired) electrons. The summed E-state index contributed by atoms with van der Waals surface area (Å²) in [6.45, 7) is 4.88. The smallest absolute Gasteiger partial charge is 0.276 e. The van der Waals surface area contributed by atoms with Crippen LogP contribution in [0.1, 0.15) is 25.0 Å². The third kappa shape index (κ3) is 5.06.